The molecular weight excluding hydrogens is 262 g/mol. The molecule has 0 fully saturated rings. The second-order valence-electron chi connectivity index (χ2n) is 6.52. The van der Waals surface area contributed by atoms with E-state index in [9.17, 15) is 0 Å². The van der Waals surface area contributed by atoms with Crippen molar-refractivity contribution in [2.75, 3.05) is 19.5 Å². The lowest BCUT2D eigenvalue weighted by atomic mass is 9.89. The minimum Gasteiger partial charge on any atom is -0.399 e. The van der Waals surface area contributed by atoms with Crippen molar-refractivity contribution in [3.8, 4) is 0 Å². The first-order valence-corrected chi connectivity index (χ1v) is 7.70. The number of hydrogen-bond acceptors (Lipinski definition) is 3. The van der Waals surface area contributed by atoms with Gasteiger partial charge in [-0.05, 0) is 36.5 Å². The standard InChI is InChI=1S/C17H27N3O/c1-5-6-16-19-14-11-13(18)7-8-15(14)20(16)12-17(2,3)9-10-21-4/h7-8,11H,5-6,9-10,12,18H2,1-4H3. The van der Waals surface area contributed by atoms with Gasteiger partial charge in [0.05, 0.1) is 11.0 Å². The Kier molecular flexibility index (Phi) is 4.88. The van der Waals surface area contributed by atoms with Gasteiger partial charge in [0.2, 0.25) is 0 Å². The molecule has 2 N–H and O–H groups in total. The summed E-state index contributed by atoms with van der Waals surface area (Å²) in [4.78, 5) is 4.78. The molecule has 0 atom stereocenters. The van der Waals surface area contributed by atoms with Gasteiger partial charge in [0.25, 0.3) is 0 Å². The molecule has 4 nitrogen and oxygen atoms in total. The number of nitrogen functional groups attached to an aromatic ring is 1. The van der Waals surface area contributed by atoms with E-state index in [-0.39, 0.29) is 5.41 Å². The summed E-state index contributed by atoms with van der Waals surface area (Å²) in [6.07, 6.45) is 3.12. The fourth-order valence-corrected chi connectivity index (χ4v) is 2.67. The van der Waals surface area contributed by atoms with Crippen molar-refractivity contribution in [3.05, 3.63) is 24.0 Å². The molecule has 0 spiro atoms. The summed E-state index contributed by atoms with van der Waals surface area (Å²) in [7, 11) is 1.76. The lowest BCUT2D eigenvalue weighted by Crippen LogP contribution is -2.22. The van der Waals surface area contributed by atoms with Gasteiger partial charge in [-0.1, -0.05) is 20.8 Å². The fraction of sp³-hybridized carbons (Fsp3) is 0.588. The van der Waals surface area contributed by atoms with Gasteiger partial charge < -0.3 is 15.0 Å². The van der Waals surface area contributed by atoms with E-state index >= 15 is 0 Å². The van der Waals surface area contributed by atoms with Gasteiger partial charge in [0.1, 0.15) is 5.82 Å². The zero-order valence-electron chi connectivity index (χ0n) is 13.6. The minimum atomic E-state index is 0.174. The Morgan fingerprint density at radius 3 is 2.76 bits per heavy atom. The maximum absolute atomic E-state index is 5.88. The maximum Gasteiger partial charge on any atom is 0.109 e. The Balaban J connectivity index is 2.38. The van der Waals surface area contributed by atoms with E-state index in [1.54, 1.807) is 7.11 Å². The Labute approximate surface area is 127 Å². The number of methoxy groups -OCH3 is 1. The fourth-order valence-electron chi connectivity index (χ4n) is 2.67. The first-order valence-electron chi connectivity index (χ1n) is 7.70. The highest BCUT2D eigenvalue weighted by atomic mass is 16.5. The highest BCUT2D eigenvalue weighted by Gasteiger charge is 2.21. The van der Waals surface area contributed by atoms with E-state index < -0.39 is 0 Å². The third-order valence-corrected chi connectivity index (χ3v) is 3.89. The van der Waals surface area contributed by atoms with Crippen LogP contribution in [0.2, 0.25) is 0 Å². The first kappa shape index (κ1) is 15.8. The molecule has 1 aromatic heterocycles. The monoisotopic (exact) mass is 289 g/mol. The largest absolute Gasteiger partial charge is 0.399 e. The van der Waals surface area contributed by atoms with Crippen LogP contribution in [0.3, 0.4) is 0 Å². The second kappa shape index (κ2) is 6.48. The SMILES string of the molecule is CCCc1nc2cc(N)ccc2n1CC(C)(C)CCOC. The van der Waals surface area contributed by atoms with Crippen molar-refractivity contribution in [2.24, 2.45) is 5.41 Å². The van der Waals surface area contributed by atoms with E-state index in [0.29, 0.717) is 0 Å². The number of imidazole rings is 1. The second-order valence-corrected chi connectivity index (χ2v) is 6.52. The Morgan fingerprint density at radius 2 is 2.10 bits per heavy atom. The number of benzene rings is 1. The number of fused-ring (bicyclic) bond motifs is 1. The van der Waals surface area contributed by atoms with E-state index in [1.807, 2.05) is 12.1 Å². The highest BCUT2D eigenvalue weighted by molar-refractivity contribution is 5.79. The summed E-state index contributed by atoms with van der Waals surface area (Å²) in [5.41, 5.74) is 9.01. The van der Waals surface area contributed by atoms with Crippen molar-refractivity contribution in [3.63, 3.8) is 0 Å². The maximum atomic E-state index is 5.88. The van der Waals surface area contributed by atoms with Crippen LogP contribution in [0.5, 0.6) is 0 Å². The van der Waals surface area contributed by atoms with Crippen LogP contribution in [0, 0.1) is 5.41 Å². The number of nitrogens with zero attached hydrogens (tertiary/aromatic N) is 2. The van der Waals surface area contributed by atoms with Crippen LogP contribution in [-0.2, 0) is 17.7 Å². The van der Waals surface area contributed by atoms with Crippen molar-refractivity contribution < 1.29 is 4.74 Å². The highest BCUT2D eigenvalue weighted by Crippen LogP contribution is 2.28. The molecule has 0 bridgehead atoms. The molecule has 4 heteroatoms. The zero-order chi connectivity index (χ0) is 15.5. The Morgan fingerprint density at radius 1 is 1.33 bits per heavy atom. The molecule has 0 saturated heterocycles. The third kappa shape index (κ3) is 3.76. The van der Waals surface area contributed by atoms with Crippen LogP contribution in [0.4, 0.5) is 5.69 Å². The van der Waals surface area contributed by atoms with Crippen LogP contribution in [-0.4, -0.2) is 23.3 Å². The Bertz CT molecular complexity index is 601. The number of aromatic nitrogens is 2. The predicted molar refractivity (Wildman–Crippen MR) is 88.4 cm³/mol. The van der Waals surface area contributed by atoms with Crippen LogP contribution >= 0.6 is 0 Å². The van der Waals surface area contributed by atoms with Gasteiger partial charge in [0.15, 0.2) is 0 Å². The molecular formula is C17H27N3O. The predicted octanol–water partition coefficient (Wildman–Crippen LogP) is 3.63. The van der Waals surface area contributed by atoms with Gasteiger partial charge in [-0.3, -0.25) is 0 Å². The molecule has 0 amide bonds. The molecule has 116 valence electrons. The van der Waals surface area contributed by atoms with Gasteiger partial charge in [-0.2, -0.15) is 0 Å². The summed E-state index contributed by atoms with van der Waals surface area (Å²) >= 11 is 0. The summed E-state index contributed by atoms with van der Waals surface area (Å²) in [6, 6.07) is 6.01. The lowest BCUT2D eigenvalue weighted by molar-refractivity contribution is 0.142. The number of hydrogen-bond donors (Lipinski definition) is 1. The lowest BCUT2D eigenvalue weighted by Gasteiger charge is -2.26. The van der Waals surface area contributed by atoms with Gasteiger partial charge in [-0.25, -0.2) is 4.98 Å². The average Bonchev–Trinajstić information content (AvgIpc) is 2.73. The van der Waals surface area contributed by atoms with Crippen LogP contribution in [0.25, 0.3) is 11.0 Å². The van der Waals surface area contributed by atoms with Gasteiger partial charge in [-0.15, -0.1) is 0 Å². The average molecular weight is 289 g/mol. The molecule has 1 heterocycles. The third-order valence-electron chi connectivity index (χ3n) is 3.89. The molecule has 0 unspecified atom stereocenters. The van der Waals surface area contributed by atoms with E-state index in [2.05, 4.69) is 31.4 Å². The molecule has 0 aliphatic heterocycles. The topological polar surface area (TPSA) is 53.1 Å². The summed E-state index contributed by atoms with van der Waals surface area (Å²) in [6.45, 7) is 8.49. The summed E-state index contributed by atoms with van der Waals surface area (Å²) in [5, 5.41) is 0. The number of anilines is 1. The molecule has 1 aromatic carbocycles. The van der Waals surface area contributed by atoms with E-state index in [0.717, 1.165) is 49.4 Å². The molecule has 0 aliphatic rings. The van der Waals surface area contributed by atoms with Gasteiger partial charge >= 0.3 is 0 Å². The number of aryl methyl sites for hydroxylation is 1. The molecule has 2 rings (SSSR count). The molecule has 0 aliphatic carbocycles. The van der Waals surface area contributed by atoms with Crippen molar-refractivity contribution in [1.29, 1.82) is 0 Å². The number of nitrogens with two attached hydrogens (primary N) is 1. The minimum absolute atomic E-state index is 0.174. The zero-order valence-corrected chi connectivity index (χ0v) is 13.6. The molecule has 21 heavy (non-hydrogen) atoms. The smallest absolute Gasteiger partial charge is 0.109 e. The van der Waals surface area contributed by atoms with E-state index in [1.165, 1.54) is 5.52 Å². The van der Waals surface area contributed by atoms with Crippen molar-refractivity contribution in [2.45, 2.75) is 46.6 Å². The van der Waals surface area contributed by atoms with Gasteiger partial charge in [0, 0.05) is 32.4 Å². The van der Waals surface area contributed by atoms with Crippen molar-refractivity contribution >= 4 is 16.7 Å². The summed E-state index contributed by atoms with van der Waals surface area (Å²) < 4.78 is 7.59. The molecule has 2 aromatic rings. The normalized spacial score (nSPS) is 12.2. The van der Waals surface area contributed by atoms with Crippen LogP contribution in [0.15, 0.2) is 18.2 Å². The molecule has 0 saturated carbocycles. The van der Waals surface area contributed by atoms with Crippen LogP contribution < -0.4 is 5.73 Å². The quantitative estimate of drug-likeness (QED) is 0.792. The van der Waals surface area contributed by atoms with Crippen molar-refractivity contribution in [1.82, 2.24) is 9.55 Å². The first-order chi connectivity index (χ1) is 9.96. The Hall–Kier alpha value is -1.55. The molecule has 0 radical (unpaired) electrons. The van der Waals surface area contributed by atoms with E-state index in [4.69, 9.17) is 15.5 Å². The number of ether oxygens (including phenoxy) is 1. The van der Waals surface area contributed by atoms with Crippen LogP contribution in [0.1, 0.15) is 39.4 Å². The number of rotatable bonds is 7. The summed E-state index contributed by atoms with van der Waals surface area (Å²) in [5.74, 6) is 1.16.